The number of carbonyl (C=O) groups excluding carboxylic acids is 11. The molecule has 4 saturated carbocycles. The van der Waals surface area contributed by atoms with Crippen LogP contribution in [0.4, 0.5) is 17.6 Å². The Kier molecular flexibility index (Phi) is 25.7. The molecule has 4 N–H and O–H groups in total. The van der Waals surface area contributed by atoms with Crippen molar-refractivity contribution >= 4 is 76.6 Å². The number of hydrogen-bond donors (Lipinski definition) is 4. The molecule has 3 aliphatic heterocycles. The summed E-state index contributed by atoms with van der Waals surface area (Å²) in [6.07, 6.45) is 1.83. The zero-order chi connectivity index (χ0) is 67.7. The third kappa shape index (κ3) is 17.7. The number of hydrogen-bond acceptors (Lipinski definition) is 11. The molecule has 0 aromatic rings. The highest BCUT2D eigenvalue weighted by Crippen LogP contribution is 2.44. The van der Waals surface area contributed by atoms with Crippen molar-refractivity contribution in [3.05, 3.63) is 0 Å². The van der Waals surface area contributed by atoms with Crippen molar-refractivity contribution in [2.24, 2.45) is 29.6 Å². The van der Waals surface area contributed by atoms with Gasteiger partial charge in [-0.25, -0.2) is 4.39 Å². The summed E-state index contributed by atoms with van der Waals surface area (Å²) < 4.78 is 56.4. The van der Waals surface area contributed by atoms with Gasteiger partial charge in [0.1, 0.15) is 54.0 Å². The maximum absolute atomic E-state index is 15.2. The van der Waals surface area contributed by atoms with E-state index in [4.69, 9.17) is 11.6 Å². The summed E-state index contributed by atoms with van der Waals surface area (Å²) in [6.45, 7) is 5.88. The Hall–Kier alpha value is -5.82. The number of amides is 11. The lowest BCUT2D eigenvalue weighted by Gasteiger charge is -2.40. The highest BCUT2D eigenvalue weighted by molar-refractivity contribution is 6.20. The first-order valence-corrected chi connectivity index (χ1v) is 34.3. The van der Waals surface area contributed by atoms with E-state index in [-0.39, 0.29) is 114 Å². The van der Waals surface area contributed by atoms with Crippen LogP contribution in [0.3, 0.4) is 0 Å². The van der Waals surface area contributed by atoms with Crippen LogP contribution in [0.5, 0.6) is 0 Å². The molecular weight excluding hydrogens is 1220 g/mol. The van der Waals surface area contributed by atoms with Crippen molar-refractivity contribution < 1.29 is 70.3 Å². The smallest absolute Gasteiger partial charge is 0.351 e. The molecule has 11 amide bonds. The standard InChI is InChI=1S/C65H102ClF4N11O11/c1-10-38(2)54-62(91)76(6)37-53(84)80-31-16-20-49(80)61(90)78(8)50(35-42-21-25-44(67)26-22-42)60(89)75(5)36-51(82)72-47(28-24-41-23-27-45(46(66)34-41)65(68,69)70)59(88)81-32-15-19-48(81)57(86)74-64(29-13-14-30-64)63(92)79(9)55(43-17-11-12-18-43)58(87)71-39(3)33-52(83)77(7)40(4)56(85)73-54/h38-50,54-55H,10-37H2,1-9H3,(H,71,87)(H,72,82)(H,73,85)(H,74,86)/t38-,39+,40-,41?,42?,44?,45?,46?,47-,48-,49-,50-,54-,55-/m0/s1. The maximum atomic E-state index is 15.2. The van der Waals surface area contributed by atoms with Crippen LogP contribution in [0, 0.1) is 29.6 Å². The summed E-state index contributed by atoms with van der Waals surface area (Å²) in [6, 6.07) is -8.74. The first-order valence-electron chi connectivity index (χ1n) is 33.8. The first-order chi connectivity index (χ1) is 43.4. The number of carbonyl (C=O) groups is 11. The van der Waals surface area contributed by atoms with Crippen molar-refractivity contribution in [1.82, 2.24) is 55.6 Å². The minimum atomic E-state index is -4.50. The third-order valence-electron chi connectivity index (χ3n) is 21.5. The summed E-state index contributed by atoms with van der Waals surface area (Å²) in [5.41, 5.74) is -1.47. The summed E-state index contributed by atoms with van der Waals surface area (Å²) in [5, 5.41) is 10.4. The molecule has 3 saturated heterocycles. The van der Waals surface area contributed by atoms with Gasteiger partial charge in [0.25, 0.3) is 0 Å². The van der Waals surface area contributed by atoms with Crippen molar-refractivity contribution in [3.63, 3.8) is 0 Å². The highest BCUT2D eigenvalue weighted by Gasteiger charge is 2.52. The van der Waals surface area contributed by atoms with Crippen molar-refractivity contribution in [2.45, 2.75) is 253 Å². The molecule has 12 atom stereocenters. The number of rotatable bonds is 8. The lowest BCUT2D eigenvalue weighted by atomic mass is 9.78. The lowest BCUT2D eigenvalue weighted by Crippen LogP contribution is -2.64. The summed E-state index contributed by atoms with van der Waals surface area (Å²) in [7, 11) is 7.19. The molecule has 92 heavy (non-hydrogen) atoms. The topological polar surface area (TPSA) is 259 Å². The predicted octanol–water partition coefficient (Wildman–Crippen LogP) is 5.21. The van der Waals surface area contributed by atoms with Crippen molar-refractivity contribution in [2.75, 3.05) is 61.4 Å². The van der Waals surface area contributed by atoms with Crippen LogP contribution in [0.1, 0.15) is 182 Å². The van der Waals surface area contributed by atoms with Gasteiger partial charge in [0.15, 0.2) is 0 Å². The highest BCUT2D eigenvalue weighted by atomic mass is 35.5. The normalized spacial score (nSPS) is 33.2. The zero-order valence-corrected chi connectivity index (χ0v) is 56.2. The SMILES string of the molecule is CC[C@H](C)[C@@H]1NC(=O)[C@H](C)N(C)C(=O)C[C@@H](C)NC(=O)[C@H](C2CCCC2)N(C)C(=O)C2(CCCC2)NC(=O)[C@@H]2CCCN2C(=O)[C@H](CCC2CCC(C(F)(F)F)C(Cl)C2)NC(=O)CN(C)C(=O)[C@H](CC2CCC(F)CC2)N(C)C(=O)[C@@H]2CCCN2C(=O)CN(C)C1=O. The van der Waals surface area contributed by atoms with E-state index in [1.165, 1.54) is 71.6 Å². The third-order valence-corrected chi connectivity index (χ3v) is 22.0. The molecule has 22 nitrogen and oxygen atoms in total. The second kappa shape index (κ2) is 32.1. The molecule has 0 aromatic heterocycles. The van der Waals surface area contributed by atoms with E-state index in [2.05, 4.69) is 21.3 Å². The van der Waals surface area contributed by atoms with E-state index >= 15 is 9.59 Å². The van der Waals surface area contributed by atoms with Crippen LogP contribution >= 0.6 is 11.6 Å². The van der Waals surface area contributed by atoms with E-state index in [0.29, 0.717) is 57.8 Å². The fourth-order valence-electron chi connectivity index (χ4n) is 15.5. The Balaban J connectivity index is 1.21. The Labute approximate surface area is 544 Å². The summed E-state index contributed by atoms with van der Waals surface area (Å²) in [5.74, 6) is -9.57. The first kappa shape index (κ1) is 73.6. The van der Waals surface area contributed by atoms with E-state index in [0.717, 1.165) is 17.7 Å². The number of fused-ring (bicyclic) bond motifs is 2. The largest absolute Gasteiger partial charge is 0.393 e. The van der Waals surface area contributed by atoms with Gasteiger partial charge in [0, 0.05) is 66.2 Å². The zero-order valence-electron chi connectivity index (χ0n) is 55.5. The van der Waals surface area contributed by atoms with Gasteiger partial charge in [-0.2, -0.15) is 13.2 Å². The van der Waals surface area contributed by atoms with Gasteiger partial charge in [0.05, 0.1) is 19.0 Å². The number of halogens is 5. The fraction of sp³-hybridized carbons (Fsp3) is 0.831. The van der Waals surface area contributed by atoms with Gasteiger partial charge in [-0.1, -0.05) is 46.0 Å². The number of nitrogens with one attached hydrogen (secondary N) is 4. The molecule has 7 fully saturated rings. The van der Waals surface area contributed by atoms with Gasteiger partial charge in [-0.15, -0.1) is 11.6 Å². The van der Waals surface area contributed by atoms with Crippen molar-refractivity contribution in [3.8, 4) is 0 Å². The van der Waals surface area contributed by atoms with Crippen molar-refractivity contribution in [1.29, 1.82) is 0 Å². The Bertz CT molecular complexity index is 2670. The fourth-order valence-corrected chi connectivity index (χ4v) is 16.0. The Morgan fingerprint density at radius 1 is 0.609 bits per heavy atom. The van der Waals surface area contributed by atoms with E-state index < -0.39 is 162 Å². The second-order valence-corrected chi connectivity index (χ2v) is 28.6. The molecule has 3 unspecified atom stereocenters. The Morgan fingerprint density at radius 3 is 1.84 bits per heavy atom. The lowest BCUT2D eigenvalue weighted by molar-refractivity contribution is -0.182. The number of nitrogens with zero attached hydrogens (tertiary/aromatic N) is 7. The predicted molar refractivity (Wildman–Crippen MR) is 334 cm³/mol. The number of alkyl halides is 5. The molecule has 1 spiro atoms. The summed E-state index contributed by atoms with van der Waals surface area (Å²) in [4.78, 5) is 170. The van der Waals surface area contributed by atoms with E-state index in [1.54, 1.807) is 13.8 Å². The average molecular weight is 1330 g/mol. The molecule has 0 bridgehead atoms. The average Bonchev–Trinajstić information content (AvgIpc) is 1.52. The molecule has 0 aromatic carbocycles. The van der Waals surface area contributed by atoms with Gasteiger partial charge in [-0.3, -0.25) is 52.7 Å². The van der Waals surface area contributed by atoms with Gasteiger partial charge >= 0.3 is 6.18 Å². The molecule has 0 radical (unpaired) electrons. The molecule has 4 aliphatic carbocycles. The van der Waals surface area contributed by atoms with Crippen LogP contribution in [0.2, 0.25) is 0 Å². The molecule has 7 aliphatic rings. The maximum Gasteiger partial charge on any atom is 0.393 e. The van der Waals surface area contributed by atoms with Gasteiger partial charge in [0.2, 0.25) is 65.0 Å². The van der Waals surface area contributed by atoms with Gasteiger partial charge in [-0.05, 0) is 153 Å². The minimum Gasteiger partial charge on any atom is -0.351 e. The van der Waals surface area contributed by atoms with E-state index in [1.807, 2.05) is 6.92 Å². The Morgan fingerprint density at radius 2 is 1.22 bits per heavy atom. The van der Waals surface area contributed by atoms with Crippen LogP contribution in [-0.4, -0.2) is 232 Å². The molecular formula is C65H102ClF4N11O11. The monoisotopic (exact) mass is 1320 g/mol. The van der Waals surface area contributed by atoms with Crippen LogP contribution in [0.25, 0.3) is 0 Å². The molecule has 7 rings (SSSR count). The van der Waals surface area contributed by atoms with Gasteiger partial charge < -0.3 is 55.6 Å². The number of likely N-dealkylation sites (N-methyl/N-ethyl adjacent to an activating group) is 5. The van der Waals surface area contributed by atoms with Crippen LogP contribution in [-0.2, 0) is 52.7 Å². The van der Waals surface area contributed by atoms with E-state index in [9.17, 15) is 60.7 Å². The quantitative estimate of drug-likeness (QED) is 0.181. The summed E-state index contributed by atoms with van der Waals surface area (Å²) >= 11 is 6.37. The molecule has 27 heteroatoms. The molecule has 3 heterocycles. The second-order valence-electron chi connectivity index (χ2n) is 28.0. The molecule has 518 valence electrons. The van der Waals surface area contributed by atoms with Crippen LogP contribution in [0.15, 0.2) is 0 Å². The van der Waals surface area contributed by atoms with Crippen LogP contribution < -0.4 is 21.3 Å². The minimum absolute atomic E-state index is 0.000167.